The van der Waals surface area contributed by atoms with Crippen LogP contribution in [0.2, 0.25) is 5.02 Å². The van der Waals surface area contributed by atoms with E-state index in [4.69, 9.17) is 16.3 Å². The van der Waals surface area contributed by atoms with Crippen molar-refractivity contribution in [2.45, 2.75) is 25.9 Å². The van der Waals surface area contributed by atoms with Gasteiger partial charge in [-0.15, -0.1) is 0 Å². The summed E-state index contributed by atoms with van der Waals surface area (Å²) in [6.45, 7) is 2.07. The van der Waals surface area contributed by atoms with Crippen LogP contribution in [0.5, 0.6) is 5.88 Å². The van der Waals surface area contributed by atoms with Crippen LogP contribution in [0.15, 0.2) is 16.7 Å². The summed E-state index contributed by atoms with van der Waals surface area (Å²) in [4.78, 5) is 4.13. The summed E-state index contributed by atoms with van der Waals surface area (Å²) in [6.07, 6.45) is 4.44. The molecule has 1 unspecified atom stereocenters. The van der Waals surface area contributed by atoms with E-state index in [9.17, 15) is 0 Å². The number of nitrogens with zero attached hydrogens (tertiary/aromatic N) is 1. The summed E-state index contributed by atoms with van der Waals surface area (Å²) in [5, 5.41) is 0.562. The minimum Gasteiger partial charge on any atom is -0.473 e. The van der Waals surface area contributed by atoms with Gasteiger partial charge in [0.25, 0.3) is 0 Å². The van der Waals surface area contributed by atoms with Crippen molar-refractivity contribution in [3.05, 3.63) is 21.8 Å². The molecule has 0 saturated heterocycles. The zero-order valence-corrected chi connectivity index (χ0v) is 10.2. The molecule has 1 aromatic rings. The molecule has 1 heterocycles. The van der Waals surface area contributed by atoms with E-state index in [1.54, 1.807) is 12.3 Å². The Hall–Kier alpha value is -0.280. The van der Waals surface area contributed by atoms with Crippen LogP contribution in [-0.2, 0) is 0 Å². The van der Waals surface area contributed by atoms with Gasteiger partial charge in [0.05, 0.1) is 0 Å². The Balaban J connectivity index is 2.07. The fraction of sp³-hybridized carbons (Fsp3) is 0.500. The van der Waals surface area contributed by atoms with E-state index >= 15 is 0 Å². The monoisotopic (exact) mass is 275 g/mol. The van der Waals surface area contributed by atoms with Gasteiger partial charge < -0.3 is 4.74 Å². The summed E-state index contributed by atoms with van der Waals surface area (Å²) in [6, 6.07) is 1.80. The Bertz CT molecular complexity index is 341. The number of halogens is 2. The number of ether oxygens (including phenoxy) is 1. The molecule has 2 nitrogen and oxygen atoms in total. The van der Waals surface area contributed by atoms with E-state index in [0.29, 0.717) is 16.8 Å². The van der Waals surface area contributed by atoms with Gasteiger partial charge in [0.15, 0.2) is 0 Å². The van der Waals surface area contributed by atoms with Crippen LogP contribution in [0, 0.1) is 5.92 Å². The van der Waals surface area contributed by atoms with Crippen molar-refractivity contribution in [1.82, 2.24) is 4.98 Å². The summed E-state index contributed by atoms with van der Waals surface area (Å²) < 4.78 is 6.53. The second-order valence-electron chi connectivity index (χ2n) is 3.60. The number of hydrogen-bond acceptors (Lipinski definition) is 2. The maximum absolute atomic E-state index is 5.98. The topological polar surface area (TPSA) is 22.1 Å². The minimum absolute atomic E-state index is 0.223. The highest BCUT2D eigenvalue weighted by atomic mass is 79.9. The molecule has 0 N–H and O–H groups in total. The van der Waals surface area contributed by atoms with Crippen molar-refractivity contribution in [3.63, 3.8) is 0 Å². The fourth-order valence-corrected chi connectivity index (χ4v) is 2.00. The molecule has 1 fully saturated rings. The standard InChI is InChI=1S/C10H11BrClNO/c1-6(7-2-3-7)14-10-9(12)4-8(11)5-13-10/h4-7H,2-3H2,1H3. The van der Waals surface area contributed by atoms with Crippen molar-refractivity contribution < 1.29 is 4.74 Å². The third-order valence-corrected chi connectivity index (χ3v) is 3.06. The van der Waals surface area contributed by atoms with Gasteiger partial charge in [0, 0.05) is 10.7 Å². The van der Waals surface area contributed by atoms with Gasteiger partial charge >= 0.3 is 0 Å². The summed E-state index contributed by atoms with van der Waals surface area (Å²) in [5.74, 6) is 1.23. The molecule has 14 heavy (non-hydrogen) atoms. The van der Waals surface area contributed by atoms with Crippen molar-refractivity contribution in [3.8, 4) is 5.88 Å². The Morgan fingerprint density at radius 3 is 2.93 bits per heavy atom. The Kier molecular flexibility index (Phi) is 2.98. The first-order chi connectivity index (χ1) is 6.66. The predicted octanol–water partition coefficient (Wildman–Crippen LogP) is 3.67. The van der Waals surface area contributed by atoms with Crippen molar-refractivity contribution in [2.24, 2.45) is 5.92 Å². The first kappa shape index (κ1) is 10.2. The van der Waals surface area contributed by atoms with Crippen molar-refractivity contribution in [2.75, 3.05) is 0 Å². The Morgan fingerprint density at radius 2 is 2.36 bits per heavy atom. The summed E-state index contributed by atoms with van der Waals surface area (Å²) in [7, 11) is 0. The third kappa shape index (κ3) is 2.39. The van der Waals surface area contributed by atoms with E-state index in [1.165, 1.54) is 12.8 Å². The second-order valence-corrected chi connectivity index (χ2v) is 4.92. The maximum Gasteiger partial charge on any atom is 0.232 e. The summed E-state index contributed by atoms with van der Waals surface area (Å²) in [5.41, 5.74) is 0. The molecule has 1 atom stereocenters. The van der Waals surface area contributed by atoms with Gasteiger partial charge in [-0.25, -0.2) is 4.98 Å². The molecular formula is C10H11BrClNO. The molecule has 0 radical (unpaired) electrons. The number of rotatable bonds is 3. The molecule has 76 valence electrons. The molecular weight excluding hydrogens is 265 g/mol. The normalized spacial score (nSPS) is 17.9. The molecule has 0 bridgehead atoms. The van der Waals surface area contributed by atoms with Crippen LogP contribution >= 0.6 is 27.5 Å². The van der Waals surface area contributed by atoms with E-state index in [0.717, 1.165) is 4.47 Å². The third-order valence-electron chi connectivity index (χ3n) is 2.36. The second kappa shape index (κ2) is 4.07. The van der Waals surface area contributed by atoms with Gasteiger partial charge in [-0.3, -0.25) is 0 Å². The first-order valence-electron chi connectivity index (χ1n) is 4.64. The number of hydrogen-bond donors (Lipinski definition) is 0. The predicted molar refractivity (Wildman–Crippen MR) is 59.8 cm³/mol. The molecule has 0 aromatic carbocycles. The highest BCUT2D eigenvalue weighted by Gasteiger charge is 2.30. The van der Waals surface area contributed by atoms with Crippen molar-refractivity contribution >= 4 is 27.5 Å². The van der Waals surface area contributed by atoms with E-state index in [1.807, 2.05) is 0 Å². The molecule has 1 aliphatic carbocycles. The minimum atomic E-state index is 0.223. The SMILES string of the molecule is CC(Oc1ncc(Br)cc1Cl)C1CC1. The lowest BCUT2D eigenvalue weighted by molar-refractivity contribution is 0.190. The number of aromatic nitrogens is 1. The molecule has 0 aliphatic heterocycles. The molecule has 4 heteroatoms. The Morgan fingerprint density at radius 1 is 1.64 bits per heavy atom. The quantitative estimate of drug-likeness (QED) is 0.840. The highest BCUT2D eigenvalue weighted by Crippen LogP contribution is 2.35. The average Bonchev–Trinajstić information content (AvgIpc) is 2.92. The van der Waals surface area contributed by atoms with Crippen LogP contribution in [0.25, 0.3) is 0 Å². The van der Waals surface area contributed by atoms with E-state index < -0.39 is 0 Å². The van der Waals surface area contributed by atoms with Gasteiger partial charge in [-0.2, -0.15) is 0 Å². The van der Waals surface area contributed by atoms with Crippen LogP contribution in [0.4, 0.5) is 0 Å². The lowest BCUT2D eigenvalue weighted by Gasteiger charge is -2.13. The van der Waals surface area contributed by atoms with Gasteiger partial charge in [-0.1, -0.05) is 11.6 Å². The largest absolute Gasteiger partial charge is 0.473 e. The average molecular weight is 277 g/mol. The first-order valence-corrected chi connectivity index (χ1v) is 5.81. The lowest BCUT2D eigenvalue weighted by atomic mass is 10.3. The Labute approximate surface area is 96.8 Å². The molecule has 0 spiro atoms. The van der Waals surface area contributed by atoms with E-state index in [2.05, 4.69) is 27.8 Å². The summed E-state index contributed by atoms with van der Waals surface area (Å²) >= 11 is 9.28. The molecule has 2 rings (SSSR count). The fourth-order valence-electron chi connectivity index (χ4n) is 1.33. The van der Waals surface area contributed by atoms with Crippen LogP contribution < -0.4 is 4.74 Å². The van der Waals surface area contributed by atoms with Crippen LogP contribution in [-0.4, -0.2) is 11.1 Å². The van der Waals surface area contributed by atoms with Gasteiger partial charge in [-0.05, 0) is 47.7 Å². The molecule has 1 aliphatic rings. The molecule has 1 aromatic heterocycles. The van der Waals surface area contributed by atoms with Gasteiger partial charge in [0.2, 0.25) is 5.88 Å². The van der Waals surface area contributed by atoms with Gasteiger partial charge in [0.1, 0.15) is 11.1 Å². The smallest absolute Gasteiger partial charge is 0.232 e. The molecule has 1 saturated carbocycles. The van der Waals surface area contributed by atoms with E-state index in [-0.39, 0.29) is 6.10 Å². The van der Waals surface area contributed by atoms with Crippen LogP contribution in [0.3, 0.4) is 0 Å². The zero-order chi connectivity index (χ0) is 10.1. The number of pyridine rings is 1. The zero-order valence-electron chi connectivity index (χ0n) is 7.84. The lowest BCUT2D eigenvalue weighted by Crippen LogP contribution is -2.14. The molecule has 0 amide bonds. The highest BCUT2D eigenvalue weighted by molar-refractivity contribution is 9.10. The maximum atomic E-state index is 5.98. The van der Waals surface area contributed by atoms with Crippen molar-refractivity contribution in [1.29, 1.82) is 0 Å². The van der Waals surface area contributed by atoms with Crippen LogP contribution in [0.1, 0.15) is 19.8 Å².